The van der Waals surface area contributed by atoms with Crippen LogP contribution in [-0.2, 0) is 28.5 Å². The first kappa shape index (κ1) is 31.4. The van der Waals surface area contributed by atoms with E-state index in [1.54, 1.807) is 0 Å². The molecule has 38 heavy (non-hydrogen) atoms. The number of amides is 1. The number of aliphatic hydroxyl groups excluding tert-OH is 9. The molecule has 0 aromatic rings. The van der Waals surface area contributed by atoms with Crippen molar-refractivity contribution in [1.29, 1.82) is 0 Å². The van der Waals surface area contributed by atoms with E-state index in [9.17, 15) is 50.8 Å². The smallest absolute Gasteiger partial charge is 0.246 e. The van der Waals surface area contributed by atoms with Crippen LogP contribution >= 0.6 is 0 Å². The number of rotatable bonds is 9. The first-order valence-electron chi connectivity index (χ1n) is 11.9. The standard InChI is InChI=1S/C20H37N3O15/c21-9-14(31)16(6(2-25)34-18(9)33)38-20-11(23-8(28)4-27)15(32)17(7(3-26)36-20)37-19-10(22)13(30)12(29)5(1-24)35-19/h5-7,9-20,24-27,29-33H,1-4,21-22H2,(H,23,28)/t5-,6-,7-,9-,10-,11-,12-,13-,14-,15-,16?,17?,18-,19+,20+/m1/s1. The molecular weight excluding hydrogens is 522 g/mol. The Kier molecular flexibility index (Phi) is 11.1. The average Bonchev–Trinajstić information content (AvgIpc) is 2.91. The lowest BCUT2D eigenvalue weighted by Crippen LogP contribution is -2.70. The molecular formula is C20H37N3O15. The van der Waals surface area contributed by atoms with Crippen molar-refractivity contribution in [1.82, 2.24) is 5.32 Å². The maximum atomic E-state index is 12.0. The summed E-state index contributed by atoms with van der Waals surface area (Å²) in [6.45, 7) is -3.25. The number of carbonyl (C=O) groups is 1. The number of hydrogen-bond donors (Lipinski definition) is 12. The molecule has 18 nitrogen and oxygen atoms in total. The van der Waals surface area contributed by atoms with E-state index in [2.05, 4.69) is 5.32 Å². The Balaban J connectivity index is 1.85. The molecule has 222 valence electrons. The minimum Gasteiger partial charge on any atom is -0.394 e. The SMILES string of the molecule is N[C@H]1[C@H](OC2[C@@H](CO)O[C@@H](OC3[C@@H](CO)O[C@@H](O)[C@H](N)[C@H]3O)[C@H](NC(=O)CO)[C@H]2O)O[C@H](CO)[C@@H](O)[C@@H]1O. The first-order chi connectivity index (χ1) is 18.0. The van der Waals surface area contributed by atoms with Gasteiger partial charge in [-0.3, -0.25) is 4.79 Å². The first-order valence-corrected chi connectivity index (χ1v) is 11.9. The Morgan fingerprint density at radius 2 is 1.21 bits per heavy atom. The zero-order valence-electron chi connectivity index (χ0n) is 20.1. The fourth-order valence-corrected chi connectivity index (χ4v) is 4.54. The van der Waals surface area contributed by atoms with E-state index < -0.39 is 124 Å². The van der Waals surface area contributed by atoms with E-state index in [1.807, 2.05) is 0 Å². The predicted octanol–water partition coefficient (Wildman–Crippen LogP) is -8.52. The van der Waals surface area contributed by atoms with Gasteiger partial charge in [0.15, 0.2) is 18.9 Å². The molecule has 0 aromatic heterocycles. The van der Waals surface area contributed by atoms with Gasteiger partial charge >= 0.3 is 0 Å². The monoisotopic (exact) mass is 559 g/mol. The summed E-state index contributed by atoms with van der Waals surface area (Å²) in [6.07, 6.45) is -18.3. The van der Waals surface area contributed by atoms with E-state index in [0.29, 0.717) is 0 Å². The summed E-state index contributed by atoms with van der Waals surface area (Å²) in [5, 5.41) is 92.2. The Labute approximate surface area is 216 Å². The normalized spacial score (nSPS) is 48.0. The molecule has 18 heteroatoms. The highest BCUT2D eigenvalue weighted by molar-refractivity contribution is 5.77. The van der Waals surface area contributed by atoms with Crippen LogP contribution in [0.2, 0.25) is 0 Å². The molecule has 15 atom stereocenters. The van der Waals surface area contributed by atoms with Crippen LogP contribution < -0.4 is 16.8 Å². The molecule has 2 unspecified atom stereocenters. The third-order valence-electron chi connectivity index (χ3n) is 6.76. The maximum Gasteiger partial charge on any atom is 0.246 e. The van der Waals surface area contributed by atoms with E-state index in [1.165, 1.54) is 0 Å². The number of nitrogens with one attached hydrogen (secondary N) is 1. The van der Waals surface area contributed by atoms with Crippen LogP contribution in [0, 0.1) is 0 Å². The van der Waals surface area contributed by atoms with E-state index in [-0.39, 0.29) is 0 Å². The van der Waals surface area contributed by atoms with E-state index >= 15 is 0 Å². The average molecular weight is 560 g/mol. The van der Waals surface area contributed by atoms with E-state index in [0.717, 1.165) is 0 Å². The minimum atomic E-state index is -1.78. The zero-order chi connectivity index (χ0) is 28.3. The molecule has 3 saturated heterocycles. The highest BCUT2D eigenvalue weighted by atomic mass is 16.7. The van der Waals surface area contributed by atoms with Crippen LogP contribution in [0.15, 0.2) is 0 Å². The van der Waals surface area contributed by atoms with Gasteiger partial charge in [-0.2, -0.15) is 0 Å². The van der Waals surface area contributed by atoms with Crippen LogP contribution in [0.3, 0.4) is 0 Å². The molecule has 0 radical (unpaired) electrons. The summed E-state index contributed by atoms with van der Waals surface area (Å²) in [7, 11) is 0. The van der Waals surface area contributed by atoms with Gasteiger partial charge in [0.1, 0.15) is 67.6 Å². The number of nitrogens with two attached hydrogens (primary N) is 2. The molecule has 0 saturated carbocycles. The van der Waals surface area contributed by atoms with Crippen LogP contribution in [0.1, 0.15) is 0 Å². The number of hydrogen-bond acceptors (Lipinski definition) is 17. The van der Waals surface area contributed by atoms with Gasteiger partial charge in [0.2, 0.25) is 5.91 Å². The summed E-state index contributed by atoms with van der Waals surface area (Å²) in [4.78, 5) is 12.0. The van der Waals surface area contributed by atoms with Crippen LogP contribution in [0.5, 0.6) is 0 Å². The summed E-state index contributed by atoms with van der Waals surface area (Å²) in [5.41, 5.74) is 11.6. The Morgan fingerprint density at radius 3 is 1.79 bits per heavy atom. The highest BCUT2D eigenvalue weighted by Crippen LogP contribution is 2.31. The van der Waals surface area contributed by atoms with Crippen molar-refractivity contribution in [3.8, 4) is 0 Å². The third kappa shape index (κ3) is 6.41. The van der Waals surface area contributed by atoms with Gasteiger partial charge in [-0.1, -0.05) is 0 Å². The van der Waals surface area contributed by atoms with Crippen molar-refractivity contribution in [2.75, 3.05) is 26.4 Å². The molecule has 1 amide bonds. The summed E-state index contributed by atoms with van der Waals surface area (Å²) in [6, 6.07) is -4.27. The molecule has 3 rings (SSSR count). The second kappa shape index (κ2) is 13.5. The molecule has 3 aliphatic heterocycles. The zero-order valence-corrected chi connectivity index (χ0v) is 20.1. The van der Waals surface area contributed by atoms with Crippen molar-refractivity contribution in [3.05, 3.63) is 0 Å². The lowest BCUT2D eigenvalue weighted by molar-refractivity contribution is -0.350. The van der Waals surface area contributed by atoms with Crippen LogP contribution in [-0.4, -0.2) is 170 Å². The van der Waals surface area contributed by atoms with Crippen molar-refractivity contribution >= 4 is 5.91 Å². The second-order valence-electron chi connectivity index (χ2n) is 9.27. The van der Waals surface area contributed by atoms with Gasteiger partial charge in [-0.15, -0.1) is 0 Å². The molecule has 14 N–H and O–H groups in total. The van der Waals surface area contributed by atoms with Crippen molar-refractivity contribution in [2.24, 2.45) is 11.5 Å². The van der Waals surface area contributed by atoms with Crippen molar-refractivity contribution < 1.29 is 74.4 Å². The Hall–Kier alpha value is -1.17. The molecule has 0 bridgehead atoms. The largest absolute Gasteiger partial charge is 0.394 e. The molecule has 0 spiro atoms. The fraction of sp³-hybridized carbons (Fsp3) is 0.950. The lowest BCUT2D eigenvalue weighted by Gasteiger charge is -2.49. The van der Waals surface area contributed by atoms with Gasteiger partial charge in [0.25, 0.3) is 0 Å². The second-order valence-corrected chi connectivity index (χ2v) is 9.27. The lowest BCUT2D eigenvalue weighted by atomic mass is 9.94. The summed E-state index contributed by atoms with van der Waals surface area (Å²) < 4.78 is 27.6. The fourth-order valence-electron chi connectivity index (χ4n) is 4.54. The topological polar surface area (TPSA) is 309 Å². The minimum absolute atomic E-state index is 0.711. The number of aliphatic hydroxyl groups is 9. The Bertz CT molecular complexity index is 765. The van der Waals surface area contributed by atoms with Crippen LogP contribution in [0.4, 0.5) is 0 Å². The van der Waals surface area contributed by atoms with Crippen LogP contribution in [0.25, 0.3) is 0 Å². The third-order valence-corrected chi connectivity index (χ3v) is 6.76. The molecule has 3 fully saturated rings. The highest BCUT2D eigenvalue weighted by Gasteiger charge is 2.53. The molecule has 3 heterocycles. The summed E-state index contributed by atoms with van der Waals surface area (Å²) in [5.74, 6) is -0.983. The predicted molar refractivity (Wildman–Crippen MR) is 118 cm³/mol. The van der Waals surface area contributed by atoms with Gasteiger partial charge in [0, 0.05) is 0 Å². The molecule has 0 aromatic carbocycles. The number of carbonyl (C=O) groups excluding carboxylic acids is 1. The quantitative estimate of drug-likeness (QED) is 0.125. The van der Waals surface area contributed by atoms with Crippen molar-refractivity contribution in [2.45, 2.75) is 91.9 Å². The van der Waals surface area contributed by atoms with Crippen molar-refractivity contribution in [3.63, 3.8) is 0 Å². The number of ether oxygens (including phenoxy) is 5. The molecule has 3 aliphatic rings. The van der Waals surface area contributed by atoms with Gasteiger partial charge in [-0.25, -0.2) is 0 Å². The summed E-state index contributed by atoms with van der Waals surface area (Å²) >= 11 is 0. The van der Waals surface area contributed by atoms with E-state index in [4.69, 9.17) is 35.2 Å². The molecule has 0 aliphatic carbocycles. The van der Waals surface area contributed by atoms with Gasteiger partial charge in [-0.05, 0) is 0 Å². The van der Waals surface area contributed by atoms with Gasteiger partial charge < -0.3 is 86.4 Å². The Morgan fingerprint density at radius 1 is 0.684 bits per heavy atom. The van der Waals surface area contributed by atoms with Gasteiger partial charge in [0.05, 0.1) is 31.9 Å². The maximum absolute atomic E-state index is 12.0.